The minimum absolute atomic E-state index is 0.0294. The van der Waals surface area contributed by atoms with Crippen molar-refractivity contribution in [2.75, 3.05) is 136 Å². The Labute approximate surface area is 627 Å². The molecule has 0 aliphatic carbocycles. The van der Waals surface area contributed by atoms with Gasteiger partial charge in [0.15, 0.2) is 0 Å². The Morgan fingerprint density at radius 3 is 1.28 bits per heavy atom. The van der Waals surface area contributed by atoms with Gasteiger partial charge in [-0.05, 0) is 134 Å². The number of aromatic nitrogens is 4. The van der Waals surface area contributed by atoms with Crippen LogP contribution in [0.3, 0.4) is 0 Å². The fourth-order valence-corrected chi connectivity index (χ4v) is 13.5. The number of piperazine rings is 2. The Morgan fingerprint density at radius 2 is 0.853 bits per heavy atom. The molecule has 109 heavy (non-hydrogen) atoms. The first kappa shape index (κ1) is 81.9. The average Bonchev–Trinajstić information content (AvgIpc) is 1.63. The molecule has 0 spiro atoms. The molecular formula is C78H84F6N10O13S2. The fraction of sp³-hybridized carbons (Fsp3) is 0.321. The predicted molar refractivity (Wildman–Crippen MR) is 399 cm³/mol. The molecule has 4 heterocycles. The Kier molecular flexibility index (Phi) is 29.4. The van der Waals surface area contributed by atoms with Crippen molar-refractivity contribution in [3.05, 3.63) is 239 Å². The normalized spacial score (nSPS) is 14.0. The van der Waals surface area contributed by atoms with E-state index in [1.807, 2.05) is 111 Å². The number of fused-ring (bicyclic) bond motifs is 2. The average molecular weight is 1550 g/mol. The molecule has 12 rings (SSSR count). The van der Waals surface area contributed by atoms with Crippen LogP contribution in [0.1, 0.15) is 54.1 Å². The fourth-order valence-electron chi connectivity index (χ4n) is 11.7. The SMILES string of the molecule is Cc1ccc(S(=O)(=O)OCCOCCOCC=O)cc1.Cc1ccc(S(=O)(=O)OCCOCCOCCN2CCN(Cc3ccc4c(c3)nc(NC(=O)c3cccc(C(F)(F)F)c3)n4-c3ccccc3)CC2)cc1.O=C(Nc1nc2cc(CN3CCNCC3)ccc2n1-c1ccccc1)c1cccc(C(F)(F)F)c1. The number of para-hydroxylation sites is 2. The highest BCUT2D eigenvalue weighted by Crippen LogP contribution is 2.33. The third-order valence-electron chi connectivity index (χ3n) is 17.3. The number of anilines is 2. The lowest BCUT2D eigenvalue weighted by molar-refractivity contribution is -0.138. The zero-order valence-electron chi connectivity index (χ0n) is 59.9. The second-order valence-corrected chi connectivity index (χ2v) is 28.6. The summed E-state index contributed by atoms with van der Waals surface area (Å²) in [7, 11) is -7.55. The molecule has 3 N–H and O–H groups in total. The summed E-state index contributed by atoms with van der Waals surface area (Å²) in [6.07, 6.45) is -8.45. The number of hydrogen-bond donors (Lipinski definition) is 3. The number of carbonyl (C=O) groups is 3. The summed E-state index contributed by atoms with van der Waals surface area (Å²) in [5.74, 6) is -0.908. The predicted octanol–water partition coefficient (Wildman–Crippen LogP) is 11.8. The van der Waals surface area contributed by atoms with Crippen molar-refractivity contribution in [2.45, 2.75) is 49.1 Å². The number of ether oxygens (including phenoxy) is 4. The third kappa shape index (κ3) is 24.2. The lowest BCUT2D eigenvalue weighted by Gasteiger charge is -2.34. The van der Waals surface area contributed by atoms with Gasteiger partial charge < -0.3 is 29.1 Å². The molecule has 0 saturated carbocycles. The summed E-state index contributed by atoms with van der Waals surface area (Å²) in [6, 6.07) is 52.2. The third-order valence-corrected chi connectivity index (χ3v) is 20.0. The highest BCUT2D eigenvalue weighted by molar-refractivity contribution is 7.87. The van der Waals surface area contributed by atoms with Crippen molar-refractivity contribution in [3.63, 3.8) is 0 Å². The molecule has 578 valence electrons. The minimum atomic E-state index is -4.57. The maximum Gasteiger partial charge on any atom is 0.416 e. The number of halogens is 6. The summed E-state index contributed by atoms with van der Waals surface area (Å²) >= 11 is 0. The van der Waals surface area contributed by atoms with Gasteiger partial charge in [0, 0.05) is 94.5 Å². The van der Waals surface area contributed by atoms with E-state index < -0.39 is 55.5 Å². The molecule has 2 aliphatic heterocycles. The molecule has 0 bridgehead atoms. The van der Waals surface area contributed by atoms with Gasteiger partial charge in [0.2, 0.25) is 11.9 Å². The Hall–Kier alpha value is -9.61. The van der Waals surface area contributed by atoms with Crippen molar-refractivity contribution in [1.82, 2.24) is 39.1 Å². The van der Waals surface area contributed by atoms with E-state index in [9.17, 15) is 57.6 Å². The first-order valence-electron chi connectivity index (χ1n) is 35.1. The van der Waals surface area contributed by atoms with Gasteiger partial charge in [-0.3, -0.25) is 52.4 Å². The zero-order chi connectivity index (χ0) is 77.4. The molecule has 0 unspecified atom stereocenters. The summed E-state index contributed by atoms with van der Waals surface area (Å²) in [5.41, 5.74) is 6.51. The Morgan fingerprint density at radius 1 is 0.459 bits per heavy atom. The number of rotatable bonds is 31. The topological polar surface area (TPSA) is 256 Å². The Bertz CT molecular complexity index is 4850. The number of aldehydes is 1. The van der Waals surface area contributed by atoms with Crippen LogP contribution >= 0.6 is 0 Å². The summed E-state index contributed by atoms with van der Waals surface area (Å²) in [4.78, 5) is 52.7. The number of imidazole rings is 2. The minimum Gasteiger partial charge on any atom is -0.378 e. The van der Waals surface area contributed by atoms with Crippen LogP contribution in [0, 0.1) is 13.8 Å². The standard InChI is InChI=1S/C39H42F3N5O6S.C26H24F3N5O.C13H18O6S/c1-29-10-13-34(14-11-29)54(49,50)53-25-24-52-23-22-51-21-20-45-16-18-46(19-17-45)28-30-12-15-36-35(26-30)43-38(47(36)33-8-3-2-4-9-33)44-37(48)31-6-5-7-32(27-31)39(40,41)42;27-26(28,29)20-6-4-5-19(16-20)24(35)32-25-31-22-15-18(17-33-13-11-30-12-14-33)9-10-23(22)34(25)21-7-2-1-3-8-21;1-12-2-4-13(5-3-12)20(15,16)19-11-10-18-9-8-17-7-6-14/h2-15,26-27H,16-25,28H2,1H3,(H,43,44,48);1-10,15-16,30H,11-14,17H2,(H,31,32,35);2-6H,7-11H2,1H3. The molecule has 2 amide bonds. The molecule has 2 aromatic heterocycles. The largest absolute Gasteiger partial charge is 0.416 e. The smallest absolute Gasteiger partial charge is 0.378 e. The van der Waals surface area contributed by atoms with Crippen molar-refractivity contribution in [3.8, 4) is 11.4 Å². The first-order valence-corrected chi connectivity index (χ1v) is 37.9. The molecule has 0 radical (unpaired) electrons. The van der Waals surface area contributed by atoms with Crippen LogP contribution in [0.4, 0.5) is 38.2 Å². The number of aryl methyl sites for hydroxylation is 2. The van der Waals surface area contributed by atoms with Crippen LogP contribution in [-0.4, -0.2) is 194 Å². The van der Waals surface area contributed by atoms with E-state index in [2.05, 4.69) is 35.6 Å². The van der Waals surface area contributed by atoms with Gasteiger partial charge in [-0.1, -0.05) is 96.1 Å². The molecule has 0 atom stereocenters. The summed E-state index contributed by atoms with van der Waals surface area (Å²) in [6.45, 7) is 15.4. The highest BCUT2D eigenvalue weighted by atomic mass is 32.2. The van der Waals surface area contributed by atoms with Gasteiger partial charge in [-0.15, -0.1) is 0 Å². The number of nitrogens with one attached hydrogen (secondary N) is 3. The second kappa shape index (κ2) is 39.2. The molecule has 31 heteroatoms. The van der Waals surface area contributed by atoms with Crippen LogP contribution in [-0.2, 0) is 77.8 Å². The van der Waals surface area contributed by atoms with Crippen LogP contribution < -0.4 is 16.0 Å². The van der Waals surface area contributed by atoms with Crippen molar-refractivity contribution in [2.24, 2.45) is 0 Å². The van der Waals surface area contributed by atoms with E-state index >= 15 is 0 Å². The molecule has 10 aromatic rings. The van der Waals surface area contributed by atoms with Gasteiger partial charge in [0.25, 0.3) is 32.1 Å². The number of carbonyl (C=O) groups excluding carboxylic acids is 3. The molecule has 2 aliphatic rings. The number of benzene rings is 8. The number of amides is 2. The van der Waals surface area contributed by atoms with Crippen molar-refractivity contribution < 1.29 is 84.9 Å². The quantitative estimate of drug-likeness (QED) is 0.0158. The molecule has 23 nitrogen and oxygen atoms in total. The molecule has 8 aromatic carbocycles. The van der Waals surface area contributed by atoms with Gasteiger partial charge in [0.05, 0.1) is 102 Å². The van der Waals surface area contributed by atoms with E-state index in [0.29, 0.717) is 43.7 Å². The summed E-state index contributed by atoms with van der Waals surface area (Å²) in [5, 5.41) is 8.80. The van der Waals surface area contributed by atoms with E-state index in [1.165, 1.54) is 48.5 Å². The maximum atomic E-state index is 13.3. The van der Waals surface area contributed by atoms with Crippen LogP contribution in [0.5, 0.6) is 0 Å². The second-order valence-electron chi connectivity index (χ2n) is 25.3. The number of hydrogen-bond acceptors (Lipinski definition) is 19. The van der Waals surface area contributed by atoms with E-state index in [-0.39, 0.29) is 79.1 Å². The van der Waals surface area contributed by atoms with Crippen LogP contribution in [0.25, 0.3) is 33.4 Å². The van der Waals surface area contributed by atoms with E-state index in [1.54, 1.807) is 33.4 Å². The lowest BCUT2D eigenvalue weighted by atomic mass is 10.1. The maximum absolute atomic E-state index is 13.3. The van der Waals surface area contributed by atoms with Crippen molar-refractivity contribution in [1.29, 1.82) is 0 Å². The first-order chi connectivity index (χ1) is 52.4. The van der Waals surface area contributed by atoms with E-state index in [4.69, 9.17) is 32.3 Å². The number of nitrogens with zero attached hydrogens (tertiary/aromatic N) is 7. The zero-order valence-corrected chi connectivity index (χ0v) is 61.6. The molecule has 2 fully saturated rings. The van der Waals surface area contributed by atoms with E-state index in [0.717, 1.165) is 134 Å². The van der Waals surface area contributed by atoms with Gasteiger partial charge in [-0.2, -0.15) is 43.2 Å². The van der Waals surface area contributed by atoms with Crippen LogP contribution in [0.2, 0.25) is 0 Å². The molecular weight excluding hydrogens is 1460 g/mol. The van der Waals surface area contributed by atoms with Crippen LogP contribution in [0.15, 0.2) is 204 Å². The van der Waals surface area contributed by atoms with Gasteiger partial charge in [0.1, 0.15) is 12.9 Å². The summed E-state index contributed by atoms with van der Waals surface area (Å²) < 4.78 is 162. The van der Waals surface area contributed by atoms with Gasteiger partial charge >= 0.3 is 12.4 Å². The molecule has 2 saturated heterocycles. The van der Waals surface area contributed by atoms with Gasteiger partial charge in [-0.25, -0.2) is 9.97 Å². The van der Waals surface area contributed by atoms with Crippen molar-refractivity contribution >= 4 is 72.3 Å². The number of alkyl halides is 6. The monoisotopic (exact) mass is 1550 g/mol. The highest BCUT2D eigenvalue weighted by Gasteiger charge is 2.33. The Balaban J connectivity index is 0.000000196. The lowest BCUT2D eigenvalue weighted by Crippen LogP contribution is -2.46.